The van der Waals surface area contributed by atoms with Gasteiger partial charge in [-0.1, -0.05) is 5.16 Å². The smallest absolute Gasteiger partial charge is 0.471 e. The van der Waals surface area contributed by atoms with Gasteiger partial charge in [0.1, 0.15) is 11.9 Å². The summed E-state index contributed by atoms with van der Waals surface area (Å²) in [6.45, 7) is 1.04. The van der Waals surface area contributed by atoms with Crippen molar-refractivity contribution in [3.8, 4) is 17.1 Å². The first-order valence-electron chi connectivity index (χ1n) is 9.95. The van der Waals surface area contributed by atoms with Crippen LogP contribution in [0.2, 0.25) is 0 Å². The number of amides is 1. The molecule has 4 rings (SSSR count). The van der Waals surface area contributed by atoms with Crippen molar-refractivity contribution in [3.63, 3.8) is 0 Å². The molecule has 1 fully saturated rings. The standard InChI is InChI=1S/C22H21F3N4O3/c1-28(2)16-7-3-15(4-8-16)20(30)29-12-11-18(13-29)31-17-9-5-14(6-10-17)19-26-21(32-27-19)22(23,24)25/h3-10,18H,11-13H2,1-2H3. The molecule has 1 unspecified atom stereocenters. The van der Waals surface area contributed by atoms with E-state index in [-0.39, 0.29) is 17.8 Å². The van der Waals surface area contributed by atoms with E-state index in [4.69, 9.17) is 4.74 Å². The van der Waals surface area contributed by atoms with Crippen molar-refractivity contribution in [2.24, 2.45) is 0 Å². The highest BCUT2D eigenvalue weighted by Crippen LogP contribution is 2.30. The molecule has 1 aliphatic heterocycles. The van der Waals surface area contributed by atoms with Crippen LogP contribution in [0.3, 0.4) is 0 Å². The van der Waals surface area contributed by atoms with E-state index < -0.39 is 12.1 Å². The average Bonchev–Trinajstić information content (AvgIpc) is 3.44. The molecule has 10 heteroatoms. The summed E-state index contributed by atoms with van der Waals surface area (Å²) in [4.78, 5) is 19.8. The number of halogens is 3. The highest BCUT2D eigenvalue weighted by atomic mass is 19.4. The maximum absolute atomic E-state index is 12.8. The average molecular weight is 446 g/mol. The van der Waals surface area contributed by atoms with Crippen molar-refractivity contribution in [2.45, 2.75) is 18.7 Å². The molecule has 168 valence electrons. The van der Waals surface area contributed by atoms with Gasteiger partial charge in [-0.15, -0.1) is 0 Å². The number of benzene rings is 2. The van der Waals surface area contributed by atoms with Crippen LogP contribution in [0.15, 0.2) is 53.1 Å². The zero-order chi connectivity index (χ0) is 22.9. The van der Waals surface area contributed by atoms with Crippen LogP contribution in [0.4, 0.5) is 18.9 Å². The molecule has 7 nitrogen and oxygen atoms in total. The third-order valence-corrected chi connectivity index (χ3v) is 5.15. The summed E-state index contributed by atoms with van der Waals surface area (Å²) in [6, 6.07) is 13.8. The van der Waals surface area contributed by atoms with Gasteiger partial charge in [-0.25, -0.2) is 0 Å². The number of ether oxygens (including phenoxy) is 1. The number of alkyl halides is 3. The Morgan fingerprint density at radius 2 is 1.81 bits per heavy atom. The summed E-state index contributed by atoms with van der Waals surface area (Å²) in [5, 5.41) is 3.37. The SMILES string of the molecule is CN(C)c1ccc(C(=O)N2CCC(Oc3ccc(-c4noc(C(F)(F)F)n4)cc3)C2)cc1. The van der Waals surface area contributed by atoms with Crippen LogP contribution in [0, 0.1) is 0 Å². The summed E-state index contributed by atoms with van der Waals surface area (Å²) in [6.07, 6.45) is -4.18. The van der Waals surface area contributed by atoms with Gasteiger partial charge < -0.3 is 19.1 Å². The van der Waals surface area contributed by atoms with E-state index in [2.05, 4.69) is 14.7 Å². The number of carbonyl (C=O) groups excluding carboxylic acids is 1. The third kappa shape index (κ3) is 4.68. The number of carbonyl (C=O) groups is 1. The number of hydrogen-bond donors (Lipinski definition) is 0. The molecule has 2 aromatic carbocycles. The Bertz CT molecular complexity index is 1080. The molecule has 0 spiro atoms. The predicted octanol–water partition coefficient (Wildman–Crippen LogP) is 4.11. The molecule has 1 aromatic heterocycles. The van der Waals surface area contributed by atoms with E-state index in [1.807, 2.05) is 43.3 Å². The maximum Gasteiger partial charge on any atom is 0.471 e. The highest BCUT2D eigenvalue weighted by Gasteiger charge is 2.38. The Hall–Kier alpha value is -3.56. The van der Waals surface area contributed by atoms with Crippen LogP contribution in [0.1, 0.15) is 22.7 Å². The van der Waals surface area contributed by atoms with Crippen LogP contribution >= 0.6 is 0 Å². The van der Waals surface area contributed by atoms with Gasteiger partial charge in [-0.3, -0.25) is 4.79 Å². The van der Waals surface area contributed by atoms with E-state index in [0.717, 1.165) is 5.69 Å². The van der Waals surface area contributed by atoms with E-state index in [9.17, 15) is 18.0 Å². The second-order valence-electron chi connectivity index (χ2n) is 7.67. The van der Waals surface area contributed by atoms with Crippen molar-refractivity contribution in [3.05, 3.63) is 60.0 Å². The first-order chi connectivity index (χ1) is 15.2. The minimum absolute atomic E-state index is 0.0469. The summed E-state index contributed by atoms with van der Waals surface area (Å²) in [7, 11) is 3.88. The quantitative estimate of drug-likeness (QED) is 0.587. The molecule has 3 aromatic rings. The monoisotopic (exact) mass is 446 g/mol. The zero-order valence-electron chi connectivity index (χ0n) is 17.5. The van der Waals surface area contributed by atoms with Gasteiger partial charge >= 0.3 is 12.1 Å². The second kappa shape index (κ2) is 8.52. The van der Waals surface area contributed by atoms with Crippen molar-refractivity contribution in [2.75, 3.05) is 32.1 Å². The lowest BCUT2D eigenvalue weighted by Crippen LogP contribution is -2.30. The first kappa shape index (κ1) is 21.7. The number of likely N-dealkylation sites (tertiary alicyclic amines) is 1. The normalized spacial score (nSPS) is 16.3. The zero-order valence-corrected chi connectivity index (χ0v) is 17.5. The molecule has 0 N–H and O–H groups in total. The van der Waals surface area contributed by atoms with Gasteiger partial charge in [0.25, 0.3) is 5.91 Å². The van der Waals surface area contributed by atoms with Crippen molar-refractivity contribution in [1.82, 2.24) is 15.0 Å². The minimum Gasteiger partial charge on any atom is -0.489 e. The predicted molar refractivity (Wildman–Crippen MR) is 110 cm³/mol. The van der Waals surface area contributed by atoms with E-state index in [1.165, 1.54) is 0 Å². The minimum atomic E-state index is -4.69. The molecule has 32 heavy (non-hydrogen) atoms. The number of anilines is 1. The molecule has 1 saturated heterocycles. The van der Waals surface area contributed by atoms with Gasteiger partial charge in [-0.2, -0.15) is 18.2 Å². The molecule has 1 amide bonds. The Labute approximate surface area is 182 Å². The van der Waals surface area contributed by atoms with Gasteiger partial charge in [-0.05, 0) is 48.5 Å². The molecule has 0 bridgehead atoms. The summed E-state index contributed by atoms with van der Waals surface area (Å²) >= 11 is 0. The van der Waals surface area contributed by atoms with Crippen LogP contribution in [-0.4, -0.2) is 54.2 Å². The van der Waals surface area contributed by atoms with Crippen LogP contribution < -0.4 is 9.64 Å². The van der Waals surface area contributed by atoms with Crippen LogP contribution in [0.25, 0.3) is 11.4 Å². The Morgan fingerprint density at radius 1 is 1.12 bits per heavy atom. The molecular formula is C22H21F3N4O3. The summed E-state index contributed by atoms with van der Waals surface area (Å²) in [5.74, 6) is -1.04. The van der Waals surface area contributed by atoms with E-state index in [1.54, 1.807) is 29.2 Å². The van der Waals surface area contributed by atoms with Crippen LogP contribution in [0.5, 0.6) is 5.75 Å². The van der Waals surface area contributed by atoms with Crippen molar-refractivity contribution in [1.29, 1.82) is 0 Å². The van der Waals surface area contributed by atoms with E-state index >= 15 is 0 Å². The fraction of sp³-hybridized carbons (Fsp3) is 0.318. The molecule has 0 radical (unpaired) electrons. The number of hydrogen-bond acceptors (Lipinski definition) is 6. The fourth-order valence-corrected chi connectivity index (χ4v) is 3.42. The van der Waals surface area contributed by atoms with Gasteiger partial charge in [0.05, 0.1) is 6.54 Å². The maximum atomic E-state index is 12.8. The Balaban J connectivity index is 1.35. The Kier molecular flexibility index (Phi) is 5.77. The molecule has 2 heterocycles. The molecular weight excluding hydrogens is 425 g/mol. The number of rotatable bonds is 5. The van der Waals surface area contributed by atoms with Crippen LogP contribution in [-0.2, 0) is 6.18 Å². The topological polar surface area (TPSA) is 71.7 Å². The van der Waals surface area contributed by atoms with Crippen molar-refractivity contribution < 1.29 is 27.2 Å². The summed E-state index contributed by atoms with van der Waals surface area (Å²) in [5.41, 5.74) is 2.02. The molecule has 1 aliphatic rings. The third-order valence-electron chi connectivity index (χ3n) is 5.15. The fourth-order valence-electron chi connectivity index (χ4n) is 3.42. The number of aromatic nitrogens is 2. The number of nitrogens with zero attached hydrogens (tertiary/aromatic N) is 4. The Morgan fingerprint density at radius 3 is 2.41 bits per heavy atom. The lowest BCUT2D eigenvalue weighted by Gasteiger charge is -2.18. The largest absolute Gasteiger partial charge is 0.489 e. The molecule has 1 atom stereocenters. The van der Waals surface area contributed by atoms with Gasteiger partial charge in [0.2, 0.25) is 5.82 Å². The first-order valence-corrected chi connectivity index (χ1v) is 9.95. The van der Waals surface area contributed by atoms with Gasteiger partial charge in [0.15, 0.2) is 0 Å². The summed E-state index contributed by atoms with van der Waals surface area (Å²) < 4.78 is 48.0. The second-order valence-corrected chi connectivity index (χ2v) is 7.67. The lowest BCUT2D eigenvalue weighted by molar-refractivity contribution is -0.159. The van der Waals surface area contributed by atoms with Crippen molar-refractivity contribution >= 4 is 11.6 Å². The van der Waals surface area contributed by atoms with E-state index in [0.29, 0.717) is 36.4 Å². The molecule has 0 aliphatic carbocycles. The highest BCUT2D eigenvalue weighted by molar-refractivity contribution is 5.94. The lowest BCUT2D eigenvalue weighted by atomic mass is 10.2. The van der Waals surface area contributed by atoms with Gasteiger partial charge in [0, 0.05) is 43.9 Å². The molecule has 0 saturated carbocycles.